The quantitative estimate of drug-likeness (QED) is 0.788. The summed E-state index contributed by atoms with van der Waals surface area (Å²) in [5, 5.41) is 0. The van der Waals surface area contributed by atoms with Gasteiger partial charge >= 0.3 is 6.09 Å². The van der Waals surface area contributed by atoms with Gasteiger partial charge in [-0.15, -0.1) is 0 Å². The number of carbonyl (C=O) groups is 1. The lowest BCUT2D eigenvalue weighted by Crippen LogP contribution is -2.37. The Hall–Kier alpha value is -1.97. The number of amides is 1. The van der Waals surface area contributed by atoms with Crippen LogP contribution in [0.5, 0.6) is 5.75 Å². The predicted molar refractivity (Wildman–Crippen MR) is 83.3 cm³/mol. The van der Waals surface area contributed by atoms with E-state index in [4.69, 9.17) is 9.47 Å². The van der Waals surface area contributed by atoms with Crippen LogP contribution < -0.4 is 4.74 Å². The Bertz CT molecular complexity index is 558. The summed E-state index contributed by atoms with van der Waals surface area (Å²) < 4.78 is 11.3. The number of hydrogen-bond acceptors (Lipinski definition) is 3. The number of allylic oxidation sites excluding steroid dienone is 1. The molecule has 0 bridgehead atoms. The Labute approximate surface area is 126 Å². The van der Waals surface area contributed by atoms with Crippen LogP contribution in [0, 0.1) is 0 Å². The zero-order valence-corrected chi connectivity index (χ0v) is 13.2. The minimum absolute atomic E-state index is 0.306. The molecule has 0 N–H and O–H groups in total. The maximum Gasteiger partial charge on any atom is 0.410 e. The van der Waals surface area contributed by atoms with Gasteiger partial charge in [0.25, 0.3) is 0 Å². The fourth-order valence-electron chi connectivity index (χ4n) is 2.24. The third-order valence-corrected chi connectivity index (χ3v) is 3.18. The fourth-order valence-corrected chi connectivity index (χ4v) is 2.24. The first kappa shape index (κ1) is 15.4. The number of benzene rings is 1. The van der Waals surface area contributed by atoms with E-state index < -0.39 is 5.60 Å². The molecule has 1 aliphatic rings. The molecule has 0 fully saturated rings. The first-order valence-electron chi connectivity index (χ1n) is 7.16. The summed E-state index contributed by atoms with van der Waals surface area (Å²) >= 11 is 0. The summed E-state index contributed by atoms with van der Waals surface area (Å²) in [6.07, 6.45) is -0.306. The van der Waals surface area contributed by atoms with E-state index in [2.05, 4.69) is 6.58 Å². The lowest BCUT2D eigenvalue weighted by Gasteiger charge is -2.26. The molecule has 0 aromatic heterocycles. The van der Waals surface area contributed by atoms with E-state index >= 15 is 0 Å². The van der Waals surface area contributed by atoms with Crippen LogP contribution in [0.3, 0.4) is 0 Å². The van der Waals surface area contributed by atoms with E-state index in [-0.39, 0.29) is 6.09 Å². The van der Waals surface area contributed by atoms with Crippen LogP contribution in [0.25, 0.3) is 5.57 Å². The van der Waals surface area contributed by atoms with Gasteiger partial charge in [-0.05, 0) is 33.3 Å². The van der Waals surface area contributed by atoms with Gasteiger partial charge < -0.3 is 14.4 Å². The normalized spacial score (nSPS) is 14.8. The predicted octanol–water partition coefficient (Wildman–Crippen LogP) is 3.85. The van der Waals surface area contributed by atoms with Gasteiger partial charge in [-0.2, -0.15) is 0 Å². The molecule has 0 unspecified atom stereocenters. The average molecular weight is 289 g/mol. The zero-order chi connectivity index (χ0) is 15.6. The number of fused-ring (bicyclic) bond motifs is 1. The standard InChI is InChI=1S/C17H23NO3/c1-12(2)14-8-6-7-13-11-18(9-10-20-15(13)14)16(19)21-17(3,4)5/h6-8H,1,9-11H2,2-5H3. The van der Waals surface area contributed by atoms with Crippen LogP contribution in [-0.4, -0.2) is 29.7 Å². The highest BCUT2D eigenvalue weighted by atomic mass is 16.6. The van der Waals surface area contributed by atoms with Gasteiger partial charge in [0, 0.05) is 11.1 Å². The summed E-state index contributed by atoms with van der Waals surface area (Å²) in [5.41, 5.74) is 2.45. The molecule has 21 heavy (non-hydrogen) atoms. The molecule has 114 valence electrons. The highest BCUT2D eigenvalue weighted by Gasteiger charge is 2.25. The second-order valence-corrected chi connectivity index (χ2v) is 6.32. The van der Waals surface area contributed by atoms with Crippen molar-refractivity contribution in [2.75, 3.05) is 13.2 Å². The van der Waals surface area contributed by atoms with Crippen LogP contribution in [0.15, 0.2) is 24.8 Å². The van der Waals surface area contributed by atoms with Crippen molar-refractivity contribution in [1.29, 1.82) is 0 Å². The van der Waals surface area contributed by atoms with E-state index in [0.29, 0.717) is 19.7 Å². The van der Waals surface area contributed by atoms with E-state index in [1.807, 2.05) is 45.9 Å². The lowest BCUT2D eigenvalue weighted by atomic mass is 10.0. The SMILES string of the molecule is C=C(C)c1cccc2c1OCCN(C(=O)OC(C)(C)C)C2. The number of para-hydroxylation sites is 1. The fraction of sp³-hybridized carbons (Fsp3) is 0.471. The van der Waals surface area contributed by atoms with E-state index in [9.17, 15) is 4.79 Å². The van der Waals surface area contributed by atoms with E-state index in [0.717, 1.165) is 22.4 Å². The van der Waals surface area contributed by atoms with Crippen molar-refractivity contribution in [2.45, 2.75) is 39.8 Å². The molecule has 1 aromatic rings. The minimum atomic E-state index is -0.493. The van der Waals surface area contributed by atoms with Crippen molar-refractivity contribution in [3.8, 4) is 5.75 Å². The zero-order valence-electron chi connectivity index (χ0n) is 13.2. The van der Waals surface area contributed by atoms with Gasteiger partial charge in [-0.25, -0.2) is 4.79 Å². The summed E-state index contributed by atoms with van der Waals surface area (Å²) in [7, 11) is 0. The molecule has 0 saturated carbocycles. The molecule has 2 rings (SSSR count). The molecule has 0 aliphatic carbocycles. The van der Waals surface area contributed by atoms with Crippen LogP contribution in [0.4, 0.5) is 4.79 Å². The second kappa shape index (κ2) is 5.80. The van der Waals surface area contributed by atoms with Gasteiger partial charge in [0.15, 0.2) is 0 Å². The summed E-state index contributed by atoms with van der Waals surface area (Å²) in [4.78, 5) is 13.9. The van der Waals surface area contributed by atoms with Crippen LogP contribution >= 0.6 is 0 Å². The average Bonchev–Trinajstić information content (AvgIpc) is 2.57. The van der Waals surface area contributed by atoms with Gasteiger partial charge in [-0.3, -0.25) is 0 Å². The molecule has 4 nitrogen and oxygen atoms in total. The Morgan fingerprint density at radius 2 is 2.10 bits per heavy atom. The van der Waals surface area contributed by atoms with Crippen molar-refractivity contribution in [2.24, 2.45) is 0 Å². The molecule has 1 heterocycles. The third kappa shape index (κ3) is 3.78. The Kier molecular flexibility index (Phi) is 4.26. The van der Waals surface area contributed by atoms with Gasteiger partial charge in [-0.1, -0.05) is 24.8 Å². The minimum Gasteiger partial charge on any atom is -0.491 e. The van der Waals surface area contributed by atoms with Crippen LogP contribution in [0.2, 0.25) is 0 Å². The van der Waals surface area contributed by atoms with E-state index in [1.54, 1.807) is 4.90 Å². The Balaban J connectivity index is 2.24. The molecule has 1 aromatic carbocycles. The third-order valence-electron chi connectivity index (χ3n) is 3.18. The highest BCUT2D eigenvalue weighted by Crippen LogP contribution is 2.31. The molecule has 0 spiro atoms. The first-order valence-corrected chi connectivity index (χ1v) is 7.16. The molecule has 0 radical (unpaired) electrons. The van der Waals surface area contributed by atoms with Crippen molar-refractivity contribution in [3.05, 3.63) is 35.9 Å². The van der Waals surface area contributed by atoms with Gasteiger partial charge in [0.1, 0.15) is 18.0 Å². The number of hydrogen-bond donors (Lipinski definition) is 0. The van der Waals surface area contributed by atoms with Gasteiger partial charge in [0.05, 0.1) is 13.1 Å². The molecule has 4 heteroatoms. The molecule has 1 aliphatic heterocycles. The van der Waals surface area contributed by atoms with Crippen LogP contribution in [0.1, 0.15) is 38.8 Å². The van der Waals surface area contributed by atoms with Crippen molar-refractivity contribution in [1.82, 2.24) is 4.90 Å². The largest absolute Gasteiger partial charge is 0.491 e. The number of carbonyl (C=O) groups excluding carboxylic acids is 1. The first-order chi connectivity index (χ1) is 9.78. The van der Waals surface area contributed by atoms with E-state index in [1.165, 1.54) is 0 Å². The van der Waals surface area contributed by atoms with Crippen molar-refractivity contribution >= 4 is 11.7 Å². The smallest absolute Gasteiger partial charge is 0.410 e. The molecule has 0 atom stereocenters. The summed E-state index contributed by atoms with van der Waals surface area (Å²) in [5.74, 6) is 0.830. The topological polar surface area (TPSA) is 38.8 Å². The Morgan fingerprint density at radius 1 is 1.38 bits per heavy atom. The van der Waals surface area contributed by atoms with Gasteiger partial charge in [0.2, 0.25) is 0 Å². The van der Waals surface area contributed by atoms with Crippen molar-refractivity contribution < 1.29 is 14.3 Å². The lowest BCUT2D eigenvalue weighted by molar-refractivity contribution is 0.0225. The second-order valence-electron chi connectivity index (χ2n) is 6.32. The molecular weight excluding hydrogens is 266 g/mol. The maximum atomic E-state index is 12.2. The summed E-state index contributed by atoms with van der Waals surface area (Å²) in [6, 6.07) is 5.93. The molecular formula is C17H23NO3. The highest BCUT2D eigenvalue weighted by molar-refractivity contribution is 5.71. The number of ether oxygens (including phenoxy) is 2. The Morgan fingerprint density at radius 3 is 2.71 bits per heavy atom. The number of nitrogens with zero attached hydrogens (tertiary/aromatic N) is 1. The number of rotatable bonds is 1. The van der Waals surface area contributed by atoms with Crippen LogP contribution in [-0.2, 0) is 11.3 Å². The molecule has 1 amide bonds. The van der Waals surface area contributed by atoms with Crippen molar-refractivity contribution in [3.63, 3.8) is 0 Å². The summed E-state index contributed by atoms with van der Waals surface area (Å²) in [6.45, 7) is 13.0. The monoisotopic (exact) mass is 289 g/mol. The molecule has 0 saturated heterocycles. The maximum absolute atomic E-state index is 12.2.